The number of ether oxygens (including phenoxy) is 1. The maximum Gasteiger partial charge on any atom is 0.123 e. The molecule has 0 saturated carbocycles. The van der Waals surface area contributed by atoms with E-state index in [1.54, 1.807) is 19.1 Å². The molecule has 0 bridgehead atoms. The number of hydrogen-bond acceptors (Lipinski definition) is 3. The van der Waals surface area contributed by atoms with Crippen molar-refractivity contribution in [3.63, 3.8) is 0 Å². The standard InChI is InChI=1S/C11H16FNO2/c1-11(14,8-13)6-7-15-10-4-2-9(12)3-5-10/h2-5,14H,6-8,13H2,1H3. The van der Waals surface area contributed by atoms with Gasteiger partial charge in [0.25, 0.3) is 0 Å². The van der Waals surface area contributed by atoms with E-state index in [0.717, 1.165) is 0 Å². The molecule has 1 rings (SSSR count). The van der Waals surface area contributed by atoms with E-state index < -0.39 is 5.60 Å². The van der Waals surface area contributed by atoms with E-state index in [4.69, 9.17) is 10.5 Å². The Labute approximate surface area is 88.7 Å². The molecule has 0 aliphatic rings. The summed E-state index contributed by atoms with van der Waals surface area (Å²) < 4.78 is 17.9. The first-order chi connectivity index (χ1) is 7.03. The van der Waals surface area contributed by atoms with Crippen LogP contribution in [0.2, 0.25) is 0 Å². The molecule has 0 radical (unpaired) electrons. The molecule has 1 aromatic carbocycles. The van der Waals surface area contributed by atoms with Gasteiger partial charge in [-0.25, -0.2) is 4.39 Å². The van der Waals surface area contributed by atoms with E-state index in [0.29, 0.717) is 18.8 Å². The van der Waals surface area contributed by atoms with Crippen LogP contribution in [0, 0.1) is 5.82 Å². The van der Waals surface area contributed by atoms with Gasteiger partial charge >= 0.3 is 0 Å². The average Bonchev–Trinajstić information content (AvgIpc) is 2.21. The monoisotopic (exact) mass is 213 g/mol. The molecule has 1 aromatic rings. The fourth-order valence-electron chi connectivity index (χ4n) is 1.02. The molecule has 0 spiro atoms. The Hall–Kier alpha value is -1.13. The number of rotatable bonds is 5. The summed E-state index contributed by atoms with van der Waals surface area (Å²) in [5.41, 5.74) is 4.45. The lowest BCUT2D eigenvalue weighted by Crippen LogP contribution is -2.35. The first-order valence-corrected chi connectivity index (χ1v) is 4.84. The third kappa shape index (κ3) is 4.27. The zero-order chi connectivity index (χ0) is 11.3. The molecule has 3 N–H and O–H groups in total. The second-order valence-corrected chi connectivity index (χ2v) is 3.75. The van der Waals surface area contributed by atoms with Crippen LogP contribution in [0.1, 0.15) is 13.3 Å². The fourth-order valence-corrected chi connectivity index (χ4v) is 1.02. The topological polar surface area (TPSA) is 55.5 Å². The number of halogens is 1. The molecule has 0 aromatic heterocycles. The zero-order valence-electron chi connectivity index (χ0n) is 8.74. The van der Waals surface area contributed by atoms with Crippen LogP contribution >= 0.6 is 0 Å². The molecular formula is C11H16FNO2. The van der Waals surface area contributed by atoms with Crippen LogP contribution in [0.25, 0.3) is 0 Å². The van der Waals surface area contributed by atoms with Crippen molar-refractivity contribution in [2.24, 2.45) is 5.73 Å². The van der Waals surface area contributed by atoms with Gasteiger partial charge < -0.3 is 15.6 Å². The number of aliphatic hydroxyl groups is 1. The van der Waals surface area contributed by atoms with Crippen molar-refractivity contribution in [3.8, 4) is 5.75 Å². The Morgan fingerprint density at radius 2 is 2.00 bits per heavy atom. The van der Waals surface area contributed by atoms with Crippen LogP contribution in [-0.4, -0.2) is 23.9 Å². The molecule has 3 nitrogen and oxygen atoms in total. The summed E-state index contributed by atoms with van der Waals surface area (Å²) >= 11 is 0. The molecule has 0 fully saturated rings. The lowest BCUT2D eigenvalue weighted by atomic mass is 10.0. The minimum absolute atomic E-state index is 0.194. The summed E-state index contributed by atoms with van der Waals surface area (Å²) in [6, 6.07) is 5.76. The van der Waals surface area contributed by atoms with E-state index in [2.05, 4.69) is 0 Å². The van der Waals surface area contributed by atoms with E-state index in [-0.39, 0.29) is 12.4 Å². The molecule has 0 heterocycles. The highest BCUT2D eigenvalue weighted by Crippen LogP contribution is 2.13. The van der Waals surface area contributed by atoms with Crippen LogP contribution in [-0.2, 0) is 0 Å². The van der Waals surface area contributed by atoms with Crippen molar-refractivity contribution in [1.29, 1.82) is 0 Å². The van der Waals surface area contributed by atoms with Gasteiger partial charge in [-0.05, 0) is 31.2 Å². The molecule has 0 saturated heterocycles. The van der Waals surface area contributed by atoms with Gasteiger partial charge in [0.05, 0.1) is 12.2 Å². The lowest BCUT2D eigenvalue weighted by molar-refractivity contribution is 0.0453. The Morgan fingerprint density at radius 3 is 2.53 bits per heavy atom. The predicted octanol–water partition coefficient (Wildman–Crippen LogP) is 1.30. The first-order valence-electron chi connectivity index (χ1n) is 4.84. The van der Waals surface area contributed by atoms with Gasteiger partial charge in [-0.3, -0.25) is 0 Å². The number of nitrogens with two attached hydrogens (primary N) is 1. The van der Waals surface area contributed by atoms with Crippen LogP contribution in [0.3, 0.4) is 0 Å². The molecule has 0 amide bonds. The molecule has 4 heteroatoms. The van der Waals surface area contributed by atoms with Crippen molar-refractivity contribution in [2.75, 3.05) is 13.2 Å². The number of benzene rings is 1. The summed E-state index contributed by atoms with van der Waals surface area (Å²) in [6.07, 6.45) is 0.445. The maximum absolute atomic E-state index is 12.5. The molecule has 15 heavy (non-hydrogen) atoms. The van der Waals surface area contributed by atoms with Crippen LogP contribution in [0.15, 0.2) is 24.3 Å². The third-order valence-electron chi connectivity index (χ3n) is 2.16. The predicted molar refractivity (Wildman–Crippen MR) is 56.2 cm³/mol. The van der Waals surface area contributed by atoms with Crippen molar-refractivity contribution in [2.45, 2.75) is 18.9 Å². The molecule has 1 unspecified atom stereocenters. The van der Waals surface area contributed by atoms with Gasteiger partial charge in [-0.2, -0.15) is 0 Å². The summed E-state index contributed by atoms with van der Waals surface area (Å²) in [4.78, 5) is 0. The lowest BCUT2D eigenvalue weighted by Gasteiger charge is -2.20. The molecular weight excluding hydrogens is 197 g/mol. The fraction of sp³-hybridized carbons (Fsp3) is 0.455. The summed E-state index contributed by atoms with van der Waals surface area (Å²) in [7, 11) is 0. The maximum atomic E-state index is 12.5. The van der Waals surface area contributed by atoms with E-state index in [1.165, 1.54) is 12.1 Å². The van der Waals surface area contributed by atoms with E-state index in [1.807, 2.05) is 0 Å². The summed E-state index contributed by atoms with van der Waals surface area (Å²) in [5, 5.41) is 9.58. The van der Waals surface area contributed by atoms with Crippen molar-refractivity contribution < 1.29 is 14.2 Å². The van der Waals surface area contributed by atoms with Gasteiger partial charge in [0, 0.05) is 13.0 Å². The van der Waals surface area contributed by atoms with Gasteiger partial charge in [-0.15, -0.1) is 0 Å². The second kappa shape index (κ2) is 5.09. The minimum Gasteiger partial charge on any atom is -0.493 e. The molecule has 0 aliphatic heterocycles. The van der Waals surface area contributed by atoms with Crippen molar-refractivity contribution in [1.82, 2.24) is 0 Å². The average molecular weight is 213 g/mol. The van der Waals surface area contributed by atoms with Crippen molar-refractivity contribution >= 4 is 0 Å². The second-order valence-electron chi connectivity index (χ2n) is 3.75. The normalized spacial score (nSPS) is 14.7. The molecule has 1 atom stereocenters. The van der Waals surface area contributed by atoms with Gasteiger partial charge in [0.2, 0.25) is 0 Å². The van der Waals surface area contributed by atoms with Crippen LogP contribution < -0.4 is 10.5 Å². The van der Waals surface area contributed by atoms with Crippen molar-refractivity contribution in [3.05, 3.63) is 30.1 Å². The van der Waals surface area contributed by atoms with Crippen LogP contribution in [0.5, 0.6) is 5.75 Å². The Balaban J connectivity index is 2.35. The van der Waals surface area contributed by atoms with Gasteiger partial charge in [0.15, 0.2) is 0 Å². The summed E-state index contributed by atoms with van der Waals surface area (Å²) in [6.45, 7) is 2.20. The first kappa shape index (κ1) is 11.9. The third-order valence-corrected chi connectivity index (χ3v) is 2.16. The smallest absolute Gasteiger partial charge is 0.123 e. The van der Waals surface area contributed by atoms with Gasteiger partial charge in [0.1, 0.15) is 11.6 Å². The highest BCUT2D eigenvalue weighted by Gasteiger charge is 2.17. The highest BCUT2D eigenvalue weighted by atomic mass is 19.1. The molecule has 84 valence electrons. The van der Waals surface area contributed by atoms with E-state index in [9.17, 15) is 9.50 Å². The highest BCUT2D eigenvalue weighted by molar-refractivity contribution is 5.21. The zero-order valence-corrected chi connectivity index (χ0v) is 8.74. The van der Waals surface area contributed by atoms with Gasteiger partial charge in [-0.1, -0.05) is 0 Å². The van der Waals surface area contributed by atoms with Crippen LogP contribution in [0.4, 0.5) is 4.39 Å². The summed E-state index contributed by atoms with van der Waals surface area (Å²) in [5.74, 6) is 0.292. The minimum atomic E-state index is -0.903. The Kier molecular flexibility index (Phi) is 4.05. The quantitative estimate of drug-likeness (QED) is 0.775. The SMILES string of the molecule is CC(O)(CN)CCOc1ccc(F)cc1. The number of hydrogen-bond donors (Lipinski definition) is 2. The molecule has 0 aliphatic carbocycles. The Bertz CT molecular complexity index is 298. The largest absolute Gasteiger partial charge is 0.493 e. The van der Waals surface area contributed by atoms with E-state index >= 15 is 0 Å². The Morgan fingerprint density at radius 1 is 1.40 bits per heavy atom.